The highest BCUT2D eigenvalue weighted by Gasteiger charge is 2.26. The lowest BCUT2D eigenvalue weighted by Crippen LogP contribution is -2.38. The zero-order valence-electron chi connectivity index (χ0n) is 22.9. The van der Waals surface area contributed by atoms with Gasteiger partial charge >= 0.3 is 0 Å². The first-order chi connectivity index (χ1) is 18.9. The highest BCUT2D eigenvalue weighted by Crippen LogP contribution is 2.33. The molecule has 3 amide bonds. The zero-order chi connectivity index (χ0) is 27.4. The van der Waals surface area contributed by atoms with E-state index < -0.39 is 0 Å². The van der Waals surface area contributed by atoms with Crippen LogP contribution in [0.2, 0.25) is 0 Å². The van der Waals surface area contributed by atoms with Gasteiger partial charge in [-0.2, -0.15) is 0 Å². The molecule has 3 aliphatic heterocycles. The number of rotatable bonds is 6. The number of carbonyl (C=O) groups is 3. The predicted molar refractivity (Wildman–Crippen MR) is 150 cm³/mol. The van der Waals surface area contributed by atoms with E-state index in [9.17, 15) is 14.4 Å². The Morgan fingerprint density at radius 2 is 1.59 bits per heavy atom. The molecule has 2 aromatic carbocycles. The van der Waals surface area contributed by atoms with Crippen LogP contribution in [0.5, 0.6) is 11.5 Å². The summed E-state index contributed by atoms with van der Waals surface area (Å²) in [4.78, 5) is 45.6. The van der Waals surface area contributed by atoms with E-state index in [0.717, 1.165) is 57.5 Å². The second kappa shape index (κ2) is 12.0. The van der Waals surface area contributed by atoms with Gasteiger partial charge in [-0.25, -0.2) is 0 Å². The molecule has 0 unspecified atom stereocenters. The van der Waals surface area contributed by atoms with Crippen molar-refractivity contribution in [1.29, 1.82) is 0 Å². The number of fused-ring (bicyclic) bond motifs is 1. The molecule has 0 aromatic heterocycles. The van der Waals surface area contributed by atoms with Crippen LogP contribution in [0, 0.1) is 5.92 Å². The molecule has 208 valence electrons. The van der Waals surface area contributed by atoms with Gasteiger partial charge in [0.2, 0.25) is 12.7 Å². The Bertz CT molecular complexity index is 1220. The lowest BCUT2D eigenvalue weighted by Gasteiger charge is -2.30. The van der Waals surface area contributed by atoms with Crippen molar-refractivity contribution in [3.05, 3.63) is 47.5 Å². The normalized spacial score (nSPS) is 17.3. The molecule has 1 N–H and O–H groups in total. The van der Waals surface area contributed by atoms with Crippen molar-refractivity contribution in [1.82, 2.24) is 9.80 Å². The average molecular weight is 535 g/mol. The van der Waals surface area contributed by atoms with E-state index in [0.29, 0.717) is 53.7 Å². The van der Waals surface area contributed by atoms with Crippen molar-refractivity contribution in [2.75, 3.05) is 56.3 Å². The standard InChI is InChI=1S/C30H38N4O5/c1-21(2)17-28(35)33-14-6-13-32(15-16-33)25-9-8-23(19-24(25)30(37)34-11-4-3-5-12-34)31-29(36)22-7-10-26-27(18-22)39-20-38-26/h7-10,18-19,21H,3-6,11-17,20H2,1-2H3,(H,31,36). The van der Waals surface area contributed by atoms with Crippen LogP contribution < -0.4 is 19.7 Å². The molecule has 0 saturated carbocycles. The van der Waals surface area contributed by atoms with E-state index in [2.05, 4.69) is 24.1 Å². The predicted octanol–water partition coefficient (Wildman–Crippen LogP) is 4.38. The molecule has 0 radical (unpaired) electrons. The molecule has 3 heterocycles. The maximum absolute atomic E-state index is 13.8. The molecule has 0 bridgehead atoms. The van der Waals surface area contributed by atoms with E-state index >= 15 is 0 Å². The van der Waals surface area contributed by atoms with Crippen LogP contribution >= 0.6 is 0 Å². The summed E-state index contributed by atoms with van der Waals surface area (Å²) in [6.07, 6.45) is 4.52. The Balaban J connectivity index is 1.37. The number of ether oxygens (including phenoxy) is 2. The fourth-order valence-corrected chi connectivity index (χ4v) is 5.46. The SMILES string of the molecule is CC(C)CC(=O)N1CCCN(c2ccc(NC(=O)c3ccc4c(c3)OCO4)cc2C(=O)N2CCCCC2)CC1. The molecule has 2 saturated heterocycles. The van der Waals surface area contributed by atoms with E-state index in [1.807, 2.05) is 21.9 Å². The number of piperidine rings is 1. The summed E-state index contributed by atoms with van der Waals surface area (Å²) >= 11 is 0. The average Bonchev–Trinajstić information content (AvgIpc) is 3.27. The van der Waals surface area contributed by atoms with Gasteiger partial charge in [0.05, 0.1) is 5.56 Å². The Kier molecular flexibility index (Phi) is 8.24. The highest BCUT2D eigenvalue weighted by atomic mass is 16.7. The Morgan fingerprint density at radius 3 is 2.38 bits per heavy atom. The second-order valence-electron chi connectivity index (χ2n) is 10.9. The fourth-order valence-electron chi connectivity index (χ4n) is 5.46. The summed E-state index contributed by atoms with van der Waals surface area (Å²) in [7, 11) is 0. The van der Waals surface area contributed by atoms with Crippen LogP contribution in [0.25, 0.3) is 0 Å². The summed E-state index contributed by atoms with van der Waals surface area (Å²) in [6.45, 7) is 8.52. The Labute approximate surface area is 230 Å². The van der Waals surface area contributed by atoms with Crippen molar-refractivity contribution in [2.45, 2.75) is 46.0 Å². The van der Waals surface area contributed by atoms with Crippen LogP contribution in [0.1, 0.15) is 66.7 Å². The first-order valence-corrected chi connectivity index (χ1v) is 14.1. The van der Waals surface area contributed by atoms with Crippen LogP contribution in [0.4, 0.5) is 11.4 Å². The minimum absolute atomic E-state index is 0.0131. The maximum atomic E-state index is 13.8. The van der Waals surface area contributed by atoms with Crippen LogP contribution in [0.3, 0.4) is 0 Å². The van der Waals surface area contributed by atoms with Crippen LogP contribution in [-0.2, 0) is 4.79 Å². The maximum Gasteiger partial charge on any atom is 0.256 e. The number of hydrogen-bond donors (Lipinski definition) is 1. The molecule has 9 nitrogen and oxygen atoms in total. The van der Waals surface area contributed by atoms with Crippen LogP contribution in [0.15, 0.2) is 36.4 Å². The van der Waals surface area contributed by atoms with E-state index in [1.54, 1.807) is 24.3 Å². The lowest BCUT2D eigenvalue weighted by atomic mass is 10.1. The quantitative estimate of drug-likeness (QED) is 0.592. The number of amides is 3. The van der Waals surface area contributed by atoms with Crippen molar-refractivity contribution in [3.8, 4) is 11.5 Å². The van der Waals surface area contributed by atoms with Gasteiger partial charge in [-0.3, -0.25) is 14.4 Å². The van der Waals surface area contributed by atoms with E-state index in [1.165, 1.54) is 0 Å². The molecule has 0 spiro atoms. The molecule has 9 heteroatoms. The summed E-state index contributed by atoms with van der Waals surface area (Å²) in [5.74, 6) is 1.38. The van der Waals surface area contributed by atoms with Gasteiger partial charge < -0.3 is 29.5 Å². The van der Waals surface area contributed by atoms with Crippen molar-refractivity contribution in [3.63, 3.8) is 0 Å². The van der Waals surface area contributed by atoms with Crippen molar-refractivity contribution >= 4 is 29.1 Å². The Morgan fingerprint density at radius 1 is 0.821 bits per heavy atom. The molecule has 2 aromatic rings. The summed E-state index contributed by atoms with van der Waals surface area (Å²) < 4.78 is 10.8. The third-order valence-corrected chi connectivity index (χ3v) is 7.54. The smallest absolute Gasteiger partial charge is 0.256 e. The number of carbonyl (C=O) groups excluding carboxylic acids is 3. The largest absolute Gasteiger partial charge is 0.454 e. The zero-order valence-corrected chi connectivity index (χ0v) is 22.9. The second-order valence-corrected chi connectivity index (χ2v) is 10.9. The van der Waals surface area contributed by atoms with Gasteiger partial charge in [0, 0.05) is 62.6 Å². The molecule has 5 rings (SSSR count). The number of nitrogens with one attached hydrogen (secondary N) is 1. The first kappa shape index (κ1) is 26.8. The lowest BCUT2D eigenvalue weighted by molar-refractivity contribution is -0.131. The molecular formula is C30H38N4O5. The van der Waals surface area contributed by atoms with E-state index in [-0.39, 0.29) is 24.5 Å². The molecule has 2 fully saturated rings. The summed E-state index contributed by atoms with van der Waals surface area (Å²) in [6, 6.07) is 10.7. The minimum Gasteiger partial charge on any atom is -0.454 e. The van der Waals surface area contributed by atoms with Gasteiger partial charge in [0.25, 0.3) is 11.8 Å². The molecular weight excluding hydrogens is 496 g/mol. The molecule has 0 aliphatic carbocycles. The number of nitrogens with zero attached hydrogens (tertiary/aromatic N) is 3. The van der Waals surface area contributed by atoms with E-state index in [4.69, 9.17) is 9.47 Å². The number of benzene rings is 2. The molecule has 0 atom stereocenters. The van der Waals surface area contributed by atoms with Gasteiger partial charge in [-0.05, 0) is 68.0 Å². The monoisotopic (exact) mass is 534 g/mol. The molecule has 3 aliphatic rings. The van der Waals surface area contributed by atoms with Crippen LogP contribution in [-0.4, -0.2) is 73.6 Å². The Hall–Kier alpha value is -3.75. The highest BCUT2D eigenvalue weighted by molar-refractivity contribution is 6.06. The third kappa shape index (κ3) is 6.29. The van der Waals surface area contributed by atoms with Crippen molar-refractivity contribution in [2.24, 2.45) is 5.92 Å². The van der Waals surface area contributed by atoms with Gasteiger partial charge in [-0.15, -0.1) is 0 Å². The fraction of sp³-hybridized carbons (Fsp3) is 0.500. The van der Waals surface area contributed by atoms with Crippen molar-refractivity contribution < 1.29 is 23.9 Å². The third-order valence-electron chi connectivity index (χ3n) is 7.54. The number of hydrogen-bond acceptors (Lipinski definition) is 6. The first-order valence-electron chi connectivity index (χ1n) is 14.1. The number of anilines is 2. The minimum atomic E-state index is -0.286. The topological polar surface area (TPSA) is 91.4 Å². The van der Waals surface area contributed by atoms with Gasteiger partial charge in [0.1, 0.15) is 0 Å². The number of likely N-dealkylation sites (tertiary alicyclic amines) is 1. The molecule has 39 heavy (non-hydrogen) atoms. The summed E-state index contributed by atoms with van der Waals surface area (Å²) in [5.41, 5.74) is 2.45. The van der Waals surface area contributed by atoms with Gasteiger partial charge in [0.15, 0.2) is 11.5 Å². The summed E-state index contributed by atoms with van der Waals surface area (Å²) in [5, 5.41) is 2.95. The van der Waals surface area contributed by atoms with Gasteiger partial charge in [-0.1, -0.05) is 13.8 Å².